The molecule has 0 aliphatic carbocycles. The third kappa shape index (κ3) is 2.55. The van der Waals surface area contributed by atoms with E-state index < -0.39 is 4.92 Å². The van der Waals surface area contributed by atoms with Gasteiger partial charge in [0.15, 0.2) is 0 Å². The lowest BCUT2D eigenvalue weighted by Gasteiger charge is -2.23. The number of benzene rings is 1. The monoisotopic (exact) mass is 328 g/mol. The standard InChI is InChI=1S/C17H20N4O3/c1-11-7-6-10-20(14-9-5-4-8-13(11)14)17(22)16-15(21(23)24)12(2)18-19(16)3/h4-5,8-9,11H,6-7,10H2,1-3H3. The molecule has 2 heterocycles. The van der Waals surface area contributed by atoms with Crippen LogP contribution in [-0.2, 0) is 7.05 Å². The number of fused-ring (bicyclic) bond motifs is 1. The molecule has 24 heavy (non-hydrogen) atoms. The number of aryl methyl sites for hydroxylation is 2. The number of anilines is 1. The summed E-state index contributed by atoms with van der Waals surface area (Å²) < 4.78 is 1.31. The van der Waals surface area contributed by atoms with Crippen LogP contribution in [0.3, 0.4) is 0 Å². The van der Waals surface area contributed by atoms with E-state index in [0.717, 1.165) is 24.1 Å². The number of para-hydroxylation sites is 1. The Kier molecular flexibility index (Phi) is 4.09. The summed E-state index contributed by atoms with van der Waals surface area (Å²) in [6.07, 6.45) is 1.83. The van der Waals surface area contributed by atoms with Crippen molar-refractivity contribution in [2.75, 3.05) is 11.4 Å². The highest BCUT2D eigenvalue weighted by molar-refractivity contribution is 6.08. The lowest BCUT2D eigenvalue weighted by molar-refractivity contribution is -0.385. The average Bonchev–Trinajstić information content (AvgIpc) is 2.74. The van der Waals surface area contributed by atoms with Crippen molar-refractivity contribution in [3.05, 3.63) is 51.3 Å². The molecular formula is C17H20N4O3. The normalized spacial score (nSPS) is 17.3. The van der Waals surface area contributed by atoms with Crippen molar-refractivity contribution in [1.29, 1.82) is 0 Å². The predicted molar refractivity (Wildman–Crippen MR) is 90.4 cm³/mol. The van der Waals surface area contributed by atoms with Crippen LogP contribution in [-0.4, -0.2) is 27.2 Å². The van der Waals surface area contributed by atoms with E-state index in [-0.39, 0.29) is 23.0 Å². The molecule has 0 radical (unpaired) electrons. The van der Waals surface area contributed by atoms with Gasteiger partial charge in [0.2, 0.25) is 5.69 Å². The highest BCUT2D eigenvalue weighted by Crippen LogP contribution is 2.35. The van der Waals surface area contributed by atoms with E-state index in [1.54, 1.807) is 18.9 Å². The number of aromatic nitrogens is 2. The van der Waals surface area contributed by atoms with E-state index in [9.17, 15) is 14.9 Å². The first-order chi connectivity index (χ1) is 11.4. The van der Waals surface area contributed by atoms with Crippen LogP contribution in [0.4, 0.5) is 11.4 Å². The fourth-order valence-corrected chi connectivity index (χ4v) is 3.43. The molecule has 1 unspecified atom stereocenters. The smallest absolute Gasteiger partial charge is 0.307 e. The maximum Gasteiger partial charge on any atom is 0.322 e. The largest absolute Gasteiger partial charge is 0.322 e. The topological polar surface area (TPSA) is 81.3 Å². The molecular weight excluding hydrogens is 308 g/mol. The Morgan fingerprint density at radius 1 is 1.38 bits per heavy atom. The van der Waals surface area contributed by atoms with Crippen molar-refractivity contribution in [1.82, 2.24) is 9.78 Å². The first-order valence-electron chi connectivity index (χ1n) is 8.00. The van der Waals surface area contributed by atoms with Gasteiger partial charge in [0.05, 0.1) is 4.92 Å². The van der Waals surface area contributed by atoms with E-state index >= 15 is 0 Å². The highest BCUT2D eigenvalue weighted by Gasteiger charge is 2.34. The average molecular weight is 328 g/mol. The van der Waals surface area contributed by atoms with E-state index in [2.05, 4.69) is 12.0 Å². The first-order valence-corrected chi connectivity index (χ1v) is 8.00. The van der Waals surface area contributed by atoms with E-state index in [1.165, 1.54) is 4.68 Å². The molecule has 3 rings (SSSR count). The maximum atomic E-state index is 13.1. The number of rotatable bonds is 2. The molecule has 1 aromatic heterocycles. The first kappa shape index (κ1) is 16.2. The van der Waals surface area contributed by atoms with Crippen molar-refractivity contribution in [3.63, 3.8) is 0 Å². The van der Waals surface area contributed by atoms with Crippen LogP contribution in [0.5, 0.6) is 0 Å². The van der Waals surface area contributed by atoms with Gasteiger partial charge in [-0.15, -0.1) is 0 Å². The fourth-order valence-electron chi connectivity index (χ4n) is 3.43. The molecule has 1 amide bonds. The van der Waals surface area contributed by atoms with Gasteiger partial charge in [0, 0.05) is 19.3 Å². The quantitative estimate of drug-likeness (QED) is 0.626. The Hall–Kier alpha value is -2.70. The summed E-state index contributed by atoms with van der Waals surface area (Å²) in [7, 11) is 1.57. The van der Waals surface area contributed by atoms with Gasteiger partial charge in [-0.2, -0.15) is 5.10 Å². The summed E-state index contributed by atoms with van der Waals surface area (Å²) in [6.45, 7) is 4.23. The zero-order valence-electron chi connectivity index (χ0n) is 14.0. The zero-order valence-corrected chi connectivity index (χ0v) is 14.0. The Labute approximate surface area is 140 Å². The van der Waals surface area contributed by atoms with E-state index in [1.807, 2.05) is 24.3 Å². The maximum absolute atomic E-state index is 13.1. The van der Waals surface area contributed by atoms with Crippen LogP contribution in [0.2, 0.25) is 0 Å². The SMILES string of the molecule is Cc1nn(C)c(C(=O)N2CCCC(C)c3ccccc32)c1[N+](=O)[O-]. The summed E-state index contributed by atoms with van der Waals surface area (Å²) >= 11 is 0. The van der Waals surface area contributed by atoms with Gasteiger partial charge in [0.25, 0.3) is 5.91 Å². The lowest BCUT2D eigenvalue weighted by atomic mass is 9.96. The van der Waals surface area contributed by atoms with Crippen molar-refractivity contribution in [2.45, 2.75) is 32.6 Å². The van der Waals surface area contributed by atoms with E-state index in [0.29, 0.717) is 12.5 Å². The molecule has 0 fully saturated rings. The summed E-state index contributed by atoms with van der Waals surface area (Å²) in [5.41, 5.74) is 2.01. The summed E-state index contributed by atoms with van der Waals surface area (Å²) in [6, 6.07) is 7.78. The highest BCUT2D eigenvalue weighted by atomic mass is 16.6. The number of carbonyl (C=O) groups excluding carboxylic acids is 1. The third-order valence-corrected chi connectivity index (χ3v) is 4.60. The van der Waals surface area contributed by atoms with Gasteiger partial charge in [0.1, 0.15) is 5.69 Å². The molecule has 0 spiro atoms. The molecule has 2 aromatic rings. The van der Waals surface area contributed by atoms with Crippen LogP contribution in [0.25, 0.3) is 0 Å². The molecule has 7 nitrogen and oxygen atoms in total. The summed E-state index contributed by atoms with van der Waals surface area (Å²) in [5.74, 6) is -0.0198. The molecule has 0 N–H and O–H groups in total. The Morgan fingerprint density at radius 2 is 2.08 bits per heavy atom. The van der Waals surface area contributed by atoms with Crippen molar-refractivity contribution in [3.8, 4) is 0 Å². The summed E-state index contributed by atoms with van der Waals surface area (Å²) in [4.78, 5) is 25.7. The molecule has 0 bridgehead atoms. The van der Waals surface area contributed by atoms with Gasteiger partial charge in [-0.25, -0.2) is 0 Å². The fraction of sp³-hybridized carbons (Fsp3) is 0.412. The second-order valence-corrected chi connectivity index (χ2v) is 6.22. The zero-order chi connectivity index (χ0) is 17.4. The molecule has 126 valence electrons. The Balaban J connectivity index is 2.11. The van der Waals surface area contributed by atoms with Gasteiger partial charge < -0.3 is 4.90 Å². The van der Waals surface area contributed by atoms with Crippen molar-refractivity contribution >= 4 is 17.3 Å². The van der Waals surface area contributed by atoms with Crippen LogP contribution in [0.1, 0.15) is 47.4 Å². The minimum atomic E-state index is -0.526. The molecule has 0 saturated heterocycles. The molecule has 0 saturated carbocycles. The molecule has 7 heteroatoms. The van der Waals surface area contributed by atoms with E-state index in [4.69, 9.17) is 0 Å². The Morgan fingerprint density at radius 3 is 2.79 bits per heavy atom. The van der Waals surface area contributed by atoms with Crippen molar-refractivity contribution < 1.29 is 9.72 Å². The molecule has 1 aromatic carbocycles. The van der Waals surface area contributed by atoms with Crippen LogP contribution in [0, 0.1) is 17.0 Å². The molecule has 1 atom stereocenters. The molecule has 1 aliphatic heterocycles. The number of amides is 1. The second-order valence-electron chi connectivity index (χ2n) is 6.22. The predicted octanol–water partition coefficient (Wildman–Crippen LogP) is 3.18. The van der Waals surface area contributed by atoms with Gasteiger partial charge in [-0.1, -0.05) is 25.1 Å². The van der Waals surface area contributed by atoms with Crippen LogP contribution < -0.4 is 4.90 Å². The minimum absolute atomic E-state index is 0.0295. The number of nitro groups is 1. The second kappa shape index (κ2) is 6.07. The van der Waals surface area contributed by atoms with Gasteiger partial charge >= 0.3 is 5.69 Å². The van der Waals surface area contributed by atoms with Crippen LogP contribution in [0.15, 0.2) is 24.3 Å². The van der Waals surface area contributed by atoms with Crippen LogP contribution >= 0.6 is 0 Å². The number of hydrogen-bond acceptors (Lipinski definition) is 4. The number of carbonyl (C=O) groups is 1. The summed E-state index contributed by atoms with van der Waals surface area (Å²) in [5, 5.41) is 15.5. The van der Waals surface area contributed by atoms with Gasteiger partial charge in [-0.05, 0) is 37.3 Å². The van der Waals surface area contributed by atoms with Crippen molar-refractivity contribution in [2.24, 2.45) is 7.05 Å². The third-order valence-electron chi connectivity index (χ3n) is 4.60. The Bertz CT molecular complexity index is 812. The van der Waals surface area contributed by atoms with Gasteiger partial charge in [-0.3, -0.25) is 19.6 Å². The number of nitrogens with zero attached hydrogens (tertiary/aromatic N) is 4. The lowest BCUT2D eigenvalue weighted by Crippen LogP contribution is -2.33. The molecule has 1 aliphatic rings. The number of hydrogen-bond donors (Lipinski definition) is 0. The minimum Gasteiger partial charge on any atom is -0.307 e.